The Bertz CT molecular complexity index is 2580. The molecule has 4 aromatic rings. The van der Waals surface area contributed by atoms with E-state index in [2.05, 4.69) is 0 Å². The predicted octanol–water partition coefficient (Wildman–Crippen LogP) is 19.1. The molecule has 0 atom stereocenters. The first kappa shape index (κ1) is 67.6. The fraction of sp³-hybridized carbons (Fsp3) is 0.439. The lowest BCUT2D eigenvalue weighted by Crippen LogP contribution is -2.69. The largest absolute Gasteiger partial charge is 0.460 e. The van der Waals surface area contributed by atoms with Crippen molar-refractivity contribution in [3.05, 3.63) is 102 Å². The first-order chi connectivity index (χ1) is 35.5. The normalized spacial score (nSPS) is 15.6. The van der Waals surface area contributed by atoms with Gasteiger partial charge in [-0.05, 0) is 29.8 Å². The molecule has 40 heteroatoms. The highest BCUT2D eigenvalue weighted by molar-refractivity contribution is 5.75. The zero-order valence-corrected chi connectivity index (χ0v) is 36.7. The highest BCUT2D eigenvalue weighted by Crippen LogP contribution is 2.66. The van der Waals surface area contributed by atoms with Crippen LogP contribution in [0, 0.1) is 0 Å². The molecule has 0 aliphatic carbocycles. The van der Waals surface area contributed by atoms with Crippen LogP contribution in [0.5, 0.6) is 0 Å². The summed E-state index contributed by atoms with van der Waals surface area (Å²) in [5.41, 5.74) is -12.5. The zero-order valence-electron chi connectivity index (χ0n) is 36.7. The standard InChI is InChI=1S/C41H14F39O/c42-24(43,27(48,49)30(54,55)33(60,61)36(66,67)39(72,73)74)19-7-1-15(2-8-19)18-13-22(16-3-9-20(10-4-16)25(44,45)28(50,51)31(56,57)34(62,63)37(68,69)40(75,76)77)81-23(14-18)17-5-11-21(12-6-17)26(46,47)29(52,53)32(58,59)35(64,65)38(70,71)41(78,79)80/h1-14H/q+1. The van der Waals surface area contributed by atoms with Gasteiger partial charge in [-0.1, -0.05) is 48.5 Å². The van der Waals surface area contributed by atoms with Crippen molar-refractivity contribution in [3.63, 3.8) is 0 Å². The van der Waals surface area contributed by atoms with Gasteiger partial charge < -0.3 is 0 Å². The van der Waals surface area contributed by atoms with Crippen LogP contribution in [0.25, 0.3) is 33.8 Å². The minimum absolute atomic E-state index is 0.0865. The minimum Gasteiger partial charge on any atom is -0.207 e. The van der Waals surface area contributed by atoms with Crippen molar-refractivity contribution >= 4 is 0 Å². The SMILES string of the molecule is FC(F)(F)C(F)(F)C(F)(F)C(F)(F)C(F)(F)C(F)(F)c1ccc(-c2cc(-c3ccc(C(F)(F)C(F)(F)C(F)(F)C(F)(F)C(F)(F)C(F)(F)F)cc3)[o+]c(-c3ccc(C(F)(F)C(F)(F)C(F)(F)C(F)(F)C(F)(F)C(F)(F)F)cc3)c2)cc1. The van der Waals surface area contributed by atoms with Crippen LogP contribution in [0.2, 0.25) is 0 Å². The molecular weight excluding hydrogens is 1250 g/mol. The van der Waals surface area contributed by atoms with E-state index in [1.54, 1.807) is 0 Å². The van der Waals surface area contributed by atoms with Gasteiger partial charge in [-0.15, -0.1) is 0 Å². The van der Waals surface area contributed by atoms with Crippen LogP contribution in [-0.4, -0.2) is 89.6 Å². The molecule has 1 aromatic heterocycles. The summed E-state index contributed by atoms with van der Waals surface area (Å²) in [6.45, 7) is 0. The third kappa shape index (κ3) is 9.52. The molecule has 456 valence electrons. The molecule has 0 unspecified atom stereocenters. The Hall–Kier alpha value is -5.92. The van der Waals surface area contributed by atoms with Crippen LogP contribution in [0.4, 0.5) is 171 Å². The summed E-state index contributed by atoms with van der Waals surface area (Å²) in [5.74, 6) is -123. The fourth-order valence-corrected chi connectivity index (χ4v) is 6.36. The van der Waals surface area contributed by atoms with Gasteiger partial charge in [-0.25, -0.2) is 4.42 Å². The van der Waals surface area contributed by atoms with E-state index in [9.17, 15) is 171 Å². The summed E-state index contributed by atoms with van der Waals surface area (Å²) in [6.07, 6.45) is -23.5. The van der Waals surface area contributed by atoms with E-state index < -0.39 is 194 Å². The number of hydrogen-bond acceptors (Lipinski definition) is 0. The molecule has 4 rings (SSSR count). The van der Waals surface area contributed by atoms with Gasteiger partial charge in [0.05, 0.1) is 23.3 Å². The molecule has 0 aliphatic heterocycles. The number of alkyl halides is 39. The lowest BCUT2D eigenvalue weighted by Gasteiger charge is -2.39. The summed E-state index contributed by atoms with van der Waals surface area (Å²) in [7, 11) is 0. The third-order valence-electron chi connectivity index (χ3n) is 11.2. The quantitative estimate of drug-likeness (QED) is 0.0714. The Morgan fingerprint density at radius 2 is 0.358 bits per heavy atom. The molecule has 0 amide bonds. The fourth-order valence-electron chi connectivity index (χ4n) is 6.36. The van der Waals surface area contributed by atoms with Gasteiger partial charge in [0.25, 0.3) is 0 Å². The molecule has 0 radical (unpaired) electrons. The van der Waals surface area contributed by atoms with Gasteiger partial charge >= 0.3 is 119 Å². The molecule has 0 spiro atoms. The second-order valence-corrected chi connectivity index (χ2v) is 16.4. The van der Waals surface area contributed by atoms with Crippen molar-refractivity contribution in [1.29, 1.82) is 0 Å². The molecule has 0 saturated heterocycles. The molecule has 1 nitrogen and oxygen atoms in total. The third-order valence-corrected chi connectivity index (χ3v) is 11.2. The van der Waals surface area contributed by atoms with Crippen molar-refractivity contribution in [2.75, 3.05) is 0 Å². The molecule has 0 saturated carbocycles. The van der Waals surface area contributed by atoms with Crippen molar-refractivity contribution in [2.45, 2.75) is 107 Å². The summed E-state index contributed by atoms with van der Waals surface area (Å²) in [5, 5.41) is 0. The van der Waals surface area contributed by atoms with E-state index >= 15 is 0 Å². The van der Waals surface area contributed by atoms with Crippen LogP contribution >= 0.6 is 0 Å². The molecule has 0 aliphatic rings. The molecular formula is C41H14F39O+. The van der Waals surface area contributed by atoms with E-state index in [1.165, 1.54) is 0 Å². The van der Waals surface area contributed by atoms with Crippen molar-refractivity contribution in [2.24, 2.45) is 0 Å². The lowest BCUT2D eigenvalue weighted by atomic mass is 9.89. The Labute approximate surface area is 418 Å². The Morgan fingerprint density at radius 1 is 0.185 bits per heavy atom. The van der Waals surface area contributed by atoms with E-state index in [1.807, 2.05) is 0 Å². The average molecular weight is 1260 g/mol. The maximum absolute atomic E-state index is 15.0. The maximum Gasteiger partial charge on any atom is 0.460 e. The van der Waals surface area contributed by atoms with Crippen LogP contribution in [-0.2, 0) is 17.8 Å². The highest BCUT2D eigenvalue weighted by atomic mass is 19.5. The Balaban J connectivity index is 1.95. The van der Waals surface area contributed by atoms with Crippen LogP contribution in [0.3, 0.4) is 0 Å². The number of halogens is 39. The molecule has 81 heavy (non-hydrogen) atoms. The second-order valence-electron chi connectivity index (χ2n) is 16.4. The van der Waals surface area contributed by atoms with E-state index in [4.69, 9.17) is 4.42 Å². The maximum atomic E-state index is 15.0. The Kier molecular flexibility index (Phi) is 15.9. The van der Waals surface area contributed by atoms with E-state index in [0.717, 1.165) is 0 Å². The molecule has 1 heterocycles. The van der Waals surface area contributed by atoms with E-state index in [-0.39, 0.29) is 48.5 Å². The summed E-state index contributed by atoms with van der Waals surface area (Å²) in [4.78, 5) is 0. The van der Waals surface area contributed by atoms with Gasteiger partial charge in [0, 0.05) is 22.3 Å². The van der Waals surface area contributed by atoms with Gasteiger partial charge in [0.1, 0.15) is 0 Å². The van der Waals surface area contributed by atoms with Crippen molar-refractivity contribution in [3.8, 4) is 33.8 Å². The number of benzene rings is 3. The monoisotopic (exact) mass is 1260 g/mol. The topological polar surface area (TPSA) is 11.3 Å². The van der Waals surface area contributed by atoms with E-state index in [0.29, 0.717) is 0 Å². The average Bonchev–Trinajstić information content (AvgIpc) is 3.32. The first-order valence-corrected chi connectivity index (χ1v) is 19.6. The Morgan fingerprint density at radius 3 is 0.543 bits per heavy atom. The molecule has 0 fully saturated rings. The molecule has 0 N–H and O–H groups in total. The summed E-state index contributed by atoms with van der Waals surface area (Å²) < 4.78 is 543. The lowest BCUT2D eigenvalue weighted by molar-refractivity contribution is -0.441. The minimum atomic E-state index is -8.42. The van der Waals surface area contributed by atoms with Crippen molar-refractivity contribution < 1.29 is 176 Å². The molecule has 0 bridgehead atoms. The highest BCUT2D eigenvalue weighted by Gasteiger charge is 2.93. The van der Waals surface area contributed by atoms with Crippen LogP contribution in [0.15, 0.2) is 89.3 Å². The van der Waals surface area contributed by atoms with Crippen molar-refractivity contribution in [1.82, 2.24) is 0 Å². The van der Waals surface area contributed by atoms with Gasteiger partial charge in [-0.2, -0.15) is 171 Å². The summed E-state index contributed by atoms with van der Waals surface area (Å²) >= 11 is 0. The smallest absolute Gasteiger partial charge is 0.207 e. The van der Waals surface area contributed by atoms with Crippen LogP contribution < -0.4 is 0 Å². The molecule has 3 aromatic carbocycles. The zero-order chi connectivity index (χ0) is 63.8. The number of rotatable bonds is 18. The van der Waals surface area contributed by atoms with Gasteiger partial charge in [0.15, 0.2) is 0 Å². The second kappa shape index (κ2) is 19.1. The van der Waals surface area contributed by atoms with Crippen LogP contribution in [0.1, 0.15) is 16.7 Å². The first-order valence-electron chi connectivity index (χ1n) is 19.6. The van der Waals surface area contributed by atoms with Gasteiger partial charge in [-0.3, -0.25) is 0 Å². The number of hydrogen-bond donors (Lipinski definition) is 0. The van der Waals surface area contributed by atoms with Gasteiger partial charge in [0.2, 0.25) is 0 Å². The summed E-state index contributed by atoms with van der Waals surface area (Å²) in [6, 6.07) is -3.68. The predicted molar refractivity (Wildman–Crippen MR) is 189 cm³/mol.